The second kappa shape index (κ2) is 6.21. The summed E-state index contributed by atoms with van der Waals surface area (Å²) in [5.74, 6) is -0.767. The second-order valence-electron chi connectivity index (χ2n) is 5.14. The lowest BCUT2D eigenvalue weighted by molar-refractivity contribution is -0.146. The van der Waals surface area contributed by atoms with Gasteiger partial charge in [-0.1, -0.05) is 12.8 Å². The molecule has 0 unspecified atom stereocenters. The maximum Gasteiger partial charge on any atom is 0.310 e. The minimum Gasteiger partial charge on any atom is -0.481 e. The molecule has 0 aromatic rings. The number of carbonyl (C=O) groups is 1. The maximum atomic E-state index is 10.8. The molecule has 1 fully saturated rings. The summed E-state index contributed by atoms with van der Waals surface area (Å²) in [4.78, 5) is 10.8. The predicted octanol–water partition coefficient (Wildman–Crippen LogP) is 1.65. The highest BCUT2D eigenvalue weighted by Crippen LogP contribution is 2.20. The van der Waals surface area contributed by atoms with Gasteiger partial charge in [-0.05, 0) is 26.7 Å². The topological polar surface area (TPSA) is 58.6 Å². The predicted molar refractivity (Wildman–Crippen MR) is 62.5 cm³/mol. The molecule has 0 saturated heterocycles. The SMILES string of the molecule is CC(C)(CNCCOC1CCCC1)C(=O)O. The number of rotatable bonds is 7. The van der Waals surface area contributed by atoms with Gasteiger partial charge in [0.1, 0.15) is 0 Å². The molecule has 1 aliphatic rings. The van der Waals surface area contributed by atoms with Crippen LogP contribution in [0.25, 0.3) is 0 Å². The second-order valence-corrected chi connectivity index (χ2v) is 5.14. The van der Waals surface area contributed by atoms with E-state index in [0.717, 1.165) is 6.54 Å². The fourth-order valence-electron chi connectivity index (χ4n) is 1.83. The molecular formula is C12H23NO3. The molecule has 0 atom stereocenters. The van der Waals surface area contributed by atoms with Crippen molar-refractivity contribution in [2.45, 2.75) is 45.6 Å². The van der Waals surface area contributed by atoms with Crippen LogP contribution in [0.5, 0.6) is 0 Å². The van der Waals surface area contributed by atoms with Crippen LogP contribution in [0.1, 0.15) is 39.5 Å². The van der Waals surface area contributed by atoms with E-state index < -0.39 is 11.4 Å². The molecule has 0 aromatic carbocycles. The first-order valence-electron chi connectivity index (χ1n) is 6.08. The van der Waals surface area contributed by atoms with Crippen molar-refractivity contribution in [3.63, 3.8) is 0 Å². The first-order chi connectivity index (χ1) is 7.52. The van der Waals surface area contributed by atoms with Crippen LogP contribution in [0.15, 0.2) is 0 Å². The van der Waals surface area contributed by atoms with Gasteiger partial charge >= 0.3 is 5.97 Å². The lowest BCUT2D eigenvalue weighted by Crippen LogP contribution is -2.37. The van der Waals surface area contributed by atoms with Crippen molar-refractivity contribution in [2.75, 3.05) is 19.7 Å². The van der Waals surface area contributed by atoms with Crippen molar-refractivity contribution < 1.29 is 14.6 Å². The van der Waals surface area contributed by atoms with Gasteiger partial charge in [-0.2, -0.15) is 0 Å². The number of carboxylic acids is 1. The van der Waals surface area contributed by atoms with Crippen molar-refractivity contribution in [3.05, 3.63) is 0 Å². The Morgan fingerprint density at radius 2 is 2.06 bits per heavy atom. The molecule has 2 N–H and O–H groups in total. The van der Waals surface area contributed by atoms with Crippen LogP contribution < -0.4 is 5.32 Å². The minimum absolute atomic E-state index is 0.439. The van der Waals surface area contributed by atoms with Crippen LogP contribution >= 0.6 is 0 Å². The summed E-state index contributed by atoms with van der Waals surface area (Å²) in [6.45, 7) is 5.34. The molecule has 0 aromatic heterocycles. The highest BCUT2D eigenvalue weighted by Gasteiger charge is 2.26. The fraction of sp³-hybridized carbons (Fsp3) is 0.917. The summed E-state index contributed by atoms with van der Waals surface area (Å²) in [5.41, 5.74) is -0.701. The van der Waals surface area contributed by atoms with Crippen LogP contribution in [0, 0.1) is 5.41 Å². The van der Waals surface area contributed by atoms with E-state index in [1.807, 2.05) is 0 Å². The quantitative estimate of drug-likeness (QED) is 0.652. The Morgan fingerprint density at radius 1 is 1.44 bits per heavy atom. The minimum atomic E-state index is -0.767. The molecule has 0 aliphatic heterocycles. The first-order valence-corrected chi connectivity index (χ1v) is 6.08. The molecule has 16 heavy (non-hydrogen) atoms. The molecule has 94 valence electrons. The van der Waals surface area contributed by atoms with E-state index in [4.69, 9.17) is 9.84 Å². The summed E-state index contributed by atoms with van der Waals surface area (Å²) >= 11 is 0. The molecule has 1 rings (SSSR count). The molecule has 1 aliphatic carbocycles. The molecule has 0 amide bonds. The van der Waals surface area contributed by atoms with Gasteiger partial charge in [0.25, 0.3) is 0 Å². The van der Waals surface area contributed by atoms with Gasteiger partial charge in [0, 0.05) is 13.1 Å². The summed E-state index contributed by atoms with van der Waals surface area (Å²) < 4.78 is 5.67. The van der Waals surface area contributed by atoms with E-state index in [2.05, 4.69) is 5.32 Å². The van der Waals surface area contributed by atoms with E-state index in [1.165, 1.54) is 25.7 Å². The average molecular weight is 229 g/mol. The van der Waals surface area contributed by atoms with Gasteiger partial charge in [0.15, 0.2) is 0 Å². The number of hydrogen-bond acceptors (Lipinski definition) is 3. The van der Waals surface area contributed by atoms with Gasteiger partial charge in [0.2, 0.25) is 0 Å². The molecule has 0 bridgehead atoms. The summed E-state index contributed by atoms with van der Waals surface area (Å²) in [5, 5.41) is 12.0. The Labute approximate surface area is 97.4 Å². The van der Waals surface area contributed by atoms with Gasteiger partial charge in [0.05, 0.1) is 18.1 Å². The highest BCUT2D eigenvalue weighted by molar-refractivity contribution is 5.73. The normalized spacial score (nSPS) is 17.9. The van der Waals surface area contributed by atoms with Crippen molar-refractivity contribution in [1.82, 2.24) is 5.32 Å². The van der Waals surface area contributed by atoms with Gasteiger partial charge in [-0.25, -0.2) is 0 Å². The van der Waals surface area contributed by atoms with Crippen LogP contribution in [0.2, 0.25) is 0 Å². The van der Waals surface area contributed by atoms with Crippen LogP contribution in [-0.4, -0.2) is 36.9 Å². The summed E-state index contributed by atoms with van der Waals surface area (Å²) in [6, 6.07) is 0. The van der Waals surface area contributed by atoms with Gasteiger partial charge < -0.3 is 15.2 Å². The van der Waals surface area contributed by atoms with Gasteiger partial charge in [-0.3, -0.25) is 4.79 Å². The van der Waals surface area contributed by atoms with E-state index in [0.29, 0.717) is 19.3 Å². The van der Waals surface area contributed by atoms with Gasteiger partial charge in [-0.15, -0.1) is 0 Å². The molecule has 4 heteroatoms. The Bertz CT molecular complexity index is 222. The Morgan fingerprint density at radius 3 is 2.62 bits per heavy atom. The third-order valence-corrected chi connectivity index (χ3v) is 3.08. The maximum absolute atomic E-state index is 10.8. The first kappa shape index (κ1) is 13.5. The zero-order valence-corrected chi connectivity index (χ0v) is 10.3. The van der Waals surface area contributed by atoms with E-state index in [-0.39, 0.29) is 0 Å². The fourth-order valence-corrected chi connectivity index (χ4v) is 1.83. The zero-order valence-electron chi connectivity index (χ0n) is 10.3. The zero-order chi connectivity index (χ0) is 12.0. The van der Waals surface area contributed by atoms with E-state index >= 15 is 0 Å². The monoisotopic (exact) mass is 229 g/mol. The summed E-state index contributed by atoms with van der Waals surface area (Å²) in [7, 11) is 0. The number of hydrogen-bond donors (Lipinski definition) is 2. The molecule has 0 radical (unpaired) electrons. The number of carboxylic acid groups (broad SMARTS) is 1. The van der Waals surface area contributed by atoms with Crippen molar-refractivity contribution in [1.29, 1.82) is 0 Å². The molecule has 0 spiro atoms. The number of nitrogens with one attached hydrogen (secondary N) is 1. The Kier molecular flexibility index (Phi) is 5.22. The van der Waals surface area contributed by atoms with E-state index in [1.54, 1.807) is 13.8 Å². The lowest BCUT2D eigenvalue weighted by Gasteiger charge is -2.20. The third-order valence-electron chi connectivity index (χ3n) is 3.08. The van der Waals surface area contributed by atoms with Crippen LogP contribution in [-0.2, 0) is 9.53 Å². The Hall–Kier alpha value is -0.610. The van der Waals surface area contributed by atoms with Crippen molar-refractivity contribution >= 4 is 5.97 Å². The Balaban J connectivity index is 2.01. The van der Waals surface area contributed by atoms with Crippen LogP contribution in [0.4, 0.5) is 0 Å². The van der Waals surface area contributed by atoms with Crippen LogP contribution in [0.3, 0.4) is 0 Å². The smallest absolute Gasteiger partial charge is 0.310 e. The van der Waals surface area contributed by atoms with Crippen molar-refractivity contribution in [3.8, 4) is 0 Å². The molecule has 1 saturated carbocycles. The number of ether oxygens (including phenoxy) is 1. The largest absolute Gasteiger partial charge is 0.481 e. The molecular weight excluding hydrogens is 206 g/mol. The van der Waals surface area contributed by atoms with Crippen molar-refractivity contribution in [2.24, 2.45) is 5.41 Å². The standard InChI is InChI=1S/C12H23NO3/c1-12(2,11(14)15)9-13-7-8-16-10-5-3-4-6-10/h10,13H,3-9H2,1-2H3,(H,14,15). The lowest BCUT2D eigenvalue weighted by atomic mass is 9.94. The number of aliphatic carboxylic acids is 1. The van der Waals surface area contributed by atoms with E-state index in [9.17, 15) is 4.79 Å². The highest BCUT2D eigenvalue weighted by atomic mass is 16.5. The average Bonchev–Trinajstić information content (AvgIpc) is 2.69. The molecule has 4 nitrogen and oxygen atoms in total. The summed E-state index contributed by atoms with van der Waals surface area (Å²) in [6.07, 6.45) is 5.37. The third kappa shape index (κ3) is 4.49. The molecule has 0 heterocycles.